The molecule has 25 heavy (non-hydrogen) atoms. The first-order valence-corrected chi connectivity index (χ1v) is 8.29. The molecule has 0 heterocycles. The van der Waals surface area contributed by atoms with Gasteiger partial charge in [0.25, 0.3) is 5.91 Å². The van der Waals surface area contributed by atoms with E-state index in [2.05, 4.69) is 31.2 Å². The van der Waals surface area contributed by atoms with Gasteiger partial charge >= 0.3 is 0 Å². The Morgan fingerprint density at radius 3 is 2.28 bits per heavy atom. The Morgan fingerprint density at radius 2 is 1.76 bits per heavy atom. The lowest BCUT2D eigenvalue weighted by Crippen LogP contribution is -2.43. The van der Waals surface area contributed by atoms with Gasteiger partial charge < -0.3 is 10.5 Å². The van der Waals surface area contributed by atoms with Gasteiger partial charge in [0.1, 0.15) is 0 Å². The summed E-state index contributed by atoms with van der Waals surface area (Å²) in [5, 5.41) is 24.4. The van der Waals surface area contributed by atoms with E-state index in [1.165, 1.54) is 12.1 Å². The van der Waals surface area contributed by atoms with Crippen LogP contribution in [0.25, 0.3) is 0 Å². The zero-order valence-corrected chi connectivity index (χ0v) is 14.6. The van der Waals surface area contributed by atoms with Gasteiger partial charge in [-0.3, -0.25) is 14.8 Å². The van der Waals surface area contributed by atoms with Crippen molar-refractivity contribution < 1.29 is 20.0 Å². The molecule has 0 radical (unpaired) electrons. The number of hydrogen-bond acceptors (Lipinski definition) is 5. The summed E-state index contributed by atoms with van der Waals surface area (Å²) in [6, 6.07) is 6.29. The second-order valence-electron chi connectivity index (χ2n) is 7.74. The van der Waals surface area contributed by atoms with Crippen molar-refractivity contribution in [1.82, 2.24) is 5.48 Å². The van der Waals surface area contributed by atoms with Crippen LogP contribution in [0.2, 0.25) is 0 Å². The number of hydrogen-bond donors (Lipinski definition) is 4. The highest BCUT2D eigenvalue weighted by atomic mass is 16.5. The van der Waals surface area contributed by atoms with Crippen molar-refractivity contribution in [3.63, 3.8) is 0 Å². The number of nitrogens with zero attached hydrogens (tertiary/aromatic N) is 1. The summed E-state index contributed by atoms with van der Waals surface area (Å²) in [5.74, 6) is -0.706. The molecule has 3 rings (SSSR count). The van der Waals surface area contributed by atoms with E-state index in [-0.39, 0.29) is 16.7 Å². The van der Waals surface area contributed by atoms with Gasteiger partial charge in [-0.15, -0.1) is 0 Å². The van der Waals surface area contributed by atoms with Crippen LogP contribution in [0.1, 0.15) is 50.4 Å². The van der Waals surface area contributed by atoms with Gasteiger partial charge in [-0.05, 0) is 42.5 Å². The van der Waals surface area contributed by atoms with E-state index in [0.29, 0.717) is 23.4 Å². The van der Waals surface area contributed by atoms with E-state index in [4.69, 9.17) is 5.21 Å². The number of hydroxylamine groups is 1. The third-order valence-electron chi connectivity index (χ3n) is 6.80. The fraction of sp³-hybridized carbons (Fsp3) is 0.500. The molecule has 7 nitrogen and oxygen atoms in total. The Bertz CT molecular complexity index is 756. The van der Waals surface area contributed by atoms with E-state index in [9.17, 15) is 14.8 Å². The third-order valence-corrected chi connectivity index (χ3v) is 6.80. The minimum absolute atomic E-state index is 0.0979. The Hall–Kier alpha value is -2.41. The van der Waals surface area contributed by atoms with Crippen LogP contribution in [0, 0.1) is 16.2 Å². The zero-order valence-electron chi connectivity index (χ0n) is 14.6. The monoisotopic (exact) mass is 345 g/mol. The van der Waals surface area contributed by atoms with Gasteiger partial charge in [0.05, 0.1) is 11.1 Å². The minimum atomic E-state index is -0.621. The molecular formula is C18H23N3O4. The number of amides is 2. The van der Waals surface area contributed by atoms with Crippen LogP contribution in [0.3, 0.4) is 0 Å². The molecule has 2 aliphatic carbocycles. The predicted octanol–water partition coefficient (Wildman–Crippen LogP) is 2.79. The second kappa shape index (κ2) is 5.56. The average Bonchev–Trinajstić information content (AvgIpc) is 2.91. The predicted molar refractivity (Wildman–Crippen MR) is 91.7 cm³/mol. The van der Waals surface area contributed by atoms with Gasteiger partial charge in [-0.2, -0.15) is 0 Å². The van der Waals surface area contributed by atoms with Crippen molar-refractivity contribution in [1.29, 1.82) is 0 Å². The maximum Gasteiger partial charge on any atom is 0.274 e. The second-order valence-corrected chi connectivity index (χ2v) is 7.74. The summed E-state index contributed by atoms with van der Waals surface area (Å²) in [5.41, 5.74) is 1.89. The Morgan fingerprint density at radius 1 is 1.12 bits per heavy atom. The molecule has 0 spiro atoms. The van der Waals surface area contributed by atoms with E-state index >= 15 is 0 Å². The molecule has 2 atom stereocenters. The minimum Gasteiger partial charge on any atom is -0.411 e. The SMILES string of the molecule is CC12CCC(C(=O)Nc3ccc(C(=O)NO)cc3)(C/C1=N\O)C2(C)C. The fourth-order valence-electron chi connectivity index (χ4n) is 4.56. The first kappa shape index (κ1) is 17.4. The number of anilines is 1. The first-order valence-electron chi connectivity index (χ1n) is 8.29. The van der Waals surface area contributed by atoms with Gasteiger partial charge in [0.2, 0.25) is 5.91 Å². The quantitative estimate of drug-likeness (QED) is 0.383. The highest BCUT2D eigenvalue weighted by Crippen LogP contribution is 2.71. The average molecular weight is 345 g/mol. The number of benzene rings is 1. The number of carbonyl (C=O) groups is 2. The van der Waals surface area contributed by atoms with Crippen molar-refractivity contribution in [3.8, 4) is 0 Å². The smallest absolute Gasteiger partial charge is 0.274 e. The lowest BCUT2D eigenvalue weighted by molar-refractivity contribution is -0.130. The molecular weight excluding hydrogens is 322 g/mol. The molecule has 1 aromatic rings. The van der Waals surface area contributed by atoms with E-state index in [0.717, 1.165) is 12.8 Å². The molecule has 134 valence electrons. The van der Waals surface area contributed by atoms with Crippen LogP contribution in [0.5, 0.6) is 0 Å². The summed E-state index contributed by atoms with van der Waals surface area (Å²) in [6.07, 6.45) is 2.00. The number of oxime groups is 1. The molecule has 0 aliphatic heterocycles. The molecule has 2 aliphatic rings. The Kier molecular flexibility index (Phi) is 3.87. The maximum atomic E-state index is 13.1. The van der Waals surface area contributed by atoms with Crippen LogP contribution in [-0.4, -0.2) is 27.9 Å². The van der Waals surface area contributed by atoms with Gasteiger partial charge in [0.15, 0.2) is 0 Å². The molecule has 2 bridgehead atoms. The van der Waals surface area contributed by atoms with Crippen molar-refractivity contribution >= 4 is 23.2 Å². The maximum absolute atomic E-state index is 13.1. The lowest BCUT2D eigenvalue weighted by atomic mass is 9.64. The molecule has 2 saturated carbocycles. The molecule has 2 fully saturated rings. The van der Waals surface area contributed by atoms with Crippen molar-refractivity contribution in [2.24, 2.45) is 21.4 Å². The molecule has 0 aromatic heterocycles. The van der Waals surface area contributed by atoms with Crippen molar-refractivity contribution in [3.05, 3.63) is 29.8 Å². The third kappa shape index (κ3) is 2.18. The molecule has 4 N–H and O–H groups in total. The summed E-state index contributed by atoms with van der Waals surface area (Å²) in [4.78, 5) is 24.5. The standard InChI is InChI=1S/C18H23N3O4/c1-16(2)17(3)8-9-18(16,10-13(17)20-24)15(23)19-12-6-4-11(5-7-12)14(22)21-25/h4-7,24-25H,8-10H2,1-3H3,(H,19,23)(H,21,22)/b20-13+. The highest BCUT2D eigenvalue weighted by Gasteiger charge is 2.71. The summed E-state index contributed by atoms with van der Waals surface area (Å²) in [6.45, 7) is 6.19. The summed E-state index contributed by atoms with van der Waals surface area (Å²) >= 11 is 0. The van der Waals surface area contributed by atoms with Gasteiger partial charge in [-0.25, -0.2) is 5.48 Å². The first-order chi connectivity index (χ1) is 11.7. The van der Waals surface area contributed by atoms with Crippen LogP contribution in [0.15, 0.2) is 29.4 Å². The Labute approximate surface area is 146 Å². The molecule has 7 heteroatoms. The fourth-order valence-corrected chi connectivity index (χ4v) is 4.56. The van der Waals surface area contributed by atoms with E-state index in [1.54, 1.807) is 17.6 Å². The lowest BCUT2D eigenvalue weighted by Gasteiger charge is -2.39. The molecule has 2 amide bonds. The van der Waals surface area contributed by atoms with Crippen LogP contribution >= 0.6 is 0 Å². The largest absolute Gasteiger partial charge is 0.411 e. The topological polar surface area (TPSA) is 111 Å². The van der Waals surface area contributed by atoms with Crippen LogP contribution in [-0.2, 0) is 4.79 Å². The Balaban J connectivity index is 1.85. The van der Waals surface area contributed by atoms with E-state index in [1.807, 2.05) is 0 Å². The molecule has 1 aromatic carbocycles. The molecule has 0 saturated heterocycles. The van der Waals surface area contributed by atoms with Crippen LogP contribution in [0.4, 0.5) is 5.69 Å². The summed E-state index contributed by atoms with van der Waals surface area (Å²) < 4.78 is 0. The van der Waals surface area contributed by atoms with Crippen molar-refractivity contribution in [2.45, 2.75) is 40.0 Å². The normalized spacial score (nSPS) is 31.1. The molecule has 2 unspecified atom stereocenters. The number of nitrogens with one attached hydrogen (secondary N) is 2. The van der Waals surface area contributed by atoms with E-state index < -0.39 is 11.3 Å². The zero-order chi connectivity index (χ0) is 18.5. The highest BCUT2D eigenvalue weighted by molar-refractivity contribution is 6.06. The number of fused-ring (bicyclic) bond motifs is 2. The van der Waals surface area contributed by atoms with Gasteiger partial charge in [0, 0.05) is 23.1 Å². The van der Waals surface area contributed by atoms with Crippen molar-refractivity contribution in [2.75, 3.05) is 5.32 Å². The van der Waals surface area contributed by atoms with Crippen LogP contribution < -0.4 is 10.8 Å². The van der Waals surface area contributed by atoms with Gasteiger partial charge in [-0.1, -0.05) is 25.9 Å². The number of rotatable bonds is 3. The summed E-state index contributed by atoms with van der Waals surface area (Å²) in [7, 11) is 0. The number of carbonyl (C=O) groups excluding carboxylic acids is 2.